The van der Waals surface area contributed by atoms with E-state index in [2.05, 4.69) is 24.3 Å². The van der Waals surface area contributed by atoms with Gasteiger partial charge in [0.25, 0.3) is 0 Å². The molecule has 3 aromatic rings. The van der Waals surface area contributed by atoms with E-state index in [0.29, 0.717) is 6.61 Å². The van der Waals surface area contributed by atoms with E-state index in [1.54, 1.807) is 6.08 Å². The van der Waals surface area contributed by atoms with Gasteiger partial charge < -0.3 is 4.74 Å². The third kappa shape index (κ3) is 3.11. The van der Waals surface area contributed by atoms with Crippen LogP contribution in [-0.4, -0.2) is 12.6 Å². The SMILES string of the molecule is O=C(/C=C/c1ccccc1)OCC1c2ccccc2-c2ccccc21. The molecule has 0 N–H and O–H groups in total. The Morgan fingerprint density at radius 1 is 0.800 bits per heavy atom. The van der Waals surface area contributed by atoms with Gasteiger partial charge in [-0.2, -0.15) is 0 Å². The van der Waals surface area contributed by atoms with Gasteiger partial charge in [-0.25, -0.2) is 4.79 Å². The van der Waals surface area contributed by atoms with Crippen LogP contribution in [0.3, 0.4) is 0 Å². The zero-order chi connectivity index (χ0) is 17.1. The Bertz CT molecular complexity index is 880. The van der Waals surface area contributed by atoms with Gasteiger partial charge in [-0.1, -0.05) is 78.9 Å². The van der Waals surface area contributed by atoms with Crippen molar-refractivity contribution in [3.05, 3.63) is 102 Å². The van der Waals surface area contributed by atoms with Crippen LogP contribution in [0.25, 0.3) is 17.2 Å². The van der Waals surface area contributed by atoms with Crippen molar-refractivity contribution in [1.82, 2.24) is 0 Å². The molecule has 0 aromatic heterocycles. The smallest absolute Gasteiger partial charge is 0.330 e. The topological polar surface area (TPSA) is 26.3 Å². The summed E-state index contributed by atoms with van der Waals surface area (Å²) in [5, 5.41) is 0. The summed E-state index contributed by atoms with van der Waals surface area (Å²) in [6.07, 6.45) is 3.26. The van der Waals surface area contributed by atoms with E-state index in [-0.39, 0.29) is 11.9 Å². The molecule has 0 atom stereocenters. The zero-order valence-electron chi connectivity index (χ0n) is 13.8. The zero-order valence-corrected chi connectivity index (χ0v) is 13.8. The van der Waals surface area contributed by atoms with E-state index in [1.165, 1.54) is 28.3 Å². The van der Waals surface area contributed by atoms with Crippen LogP contribution < -0.4 is 0 Å². The standard InChI is InChI=1S/C23H18O2/c24-23(15-14-17-8-2-1-3-9-17)25-16-22-20-12-6-4-10-18(20)19-11-5-7-13-21(19)22/h1-15,22H,16H2/b15-14+. The number of esters is 1. The van der Waals surface area contributed by atoms with Gasteiger partial charge in [0.2, 0.25) is 0 Å². The molecular formula is C23H18O2. The average molecular weight is 326 g/mol. The molecule has 1 aliphatic carbocycles. The second-order valence-corrected chi connectivity index (χ2v) is 6.10. The fourth-order valence-electron chi connectivity index (χ4n) is 3.38. The fraction of sp³-hybridized carbons (Fsp3) is 0.0870. The van der Waals surface area contributed by atoms with Gasteiger partial charge in [-0.3, -0.25) is 0 Å². The van der Waals surface area contributed by atoms with Crippen LogP contribution in [-0.2, 0) is 9.53 Å². The Kier molecular flexibility index (Phi) is 4.17. The minimum absolute atomic E-state index is 0.0986. The summed E-state index contributed by atoms with van der Waals surface area (Å²) < 4.78 is 5.54. The molecule has 0 saturated heterocycles. The van der Waals surface area contributed by atoms with Crippen molar-refractivity contribution >= 4 is 12.0 Å². The minimum Gasteiger partial charge on any atom is -0.462 e. The van der Waals surface area contributed by atoms with Crippen molar-refractivity contribution in [3.8, 4) is 11.1 Å². The Balaban J connectivity index is 1.50. The Hall–Kier alpha value is -3.13. The number of carbonyl (C=O) groups is 1. The maximum atomic E-state index is 12.1. The number of rotatable bonds is 4. The molecule has 0 heterocycles. The number of benzene rings is 3. The lowest BCUT2D eigenvalue weighted by atomic mass is 9.98. The second-order valence-electron chi connectivity index (χ2n) is 6.10. The summed E-state index contributed by atoms with van der Waals surface area (Å²) in [4.78, 5) is 12.1. The highest BCUT2D eigenvalue weighted by Crippen LogP contribution is 2.44. The highest BCUT2D eigenvalue weighted by molar-refractivity contribution is 5.87. The third-order valence-electron chi connectivity index (χ3n) is 4.57. The van der Waals surface area contributed by atoms with Crippen molar-refractivity contribution in [2.24, 2.45) is 0 Å². The summed E-state index contributed by atoms with van der Waals surface area (Å²) in [7, 11) is 0. The molecule has 1 aliphatic rings. The van der Waals surface area contributed by atoms with Gasteiger partial charge in [-0.15, -0.1) is 0 Å². The van der Waals surface area contributed by atoms with Crippen molar-refractivity contribution < 1.29 is 9.53 Å². The molecule has 0 aliphatic heterocycles. The van der Waals surface area contributed by atoms with Gasteiger partial charge >= 0.3 is 5.97 Å². The highest BCUT2D eigenvalue weighted by atomic mass is 16.5. The van der Waals surface area contributed by atoms with Crippen molar-refractivity contribution in [2.75, 3.05) is 6.61 Å². The molecule has 122 valence electrons. The number of ether oxygens (including phenoxy) is 1. The lowest BCUT2D eigenvalue weighted by Gasteiger charge is -2.13. The lowest BCUT2D eigenvalue weighted by Crippen LogP contribution is -2.10. The molecule has 0 unspecified atom stereocenters. The first kappa shape index (κ1) is 15.4. The van der Waals surface area contributed by atoms with Gasteiger partial charge in [0, 0.05) is 12.0 Å². The average Bonchev–Trinajstić information content (AvgIpc) is 2.99. The maximum absolute atomic E-state index is 12.1. The number of hydrogen-bond donors (Lipinski definition) is 0. The molecule has 2 nitrogen and oxygen atoms in total. The van der Waals surface area contributed by atoms with Gasteiger partial charge in [0.05, 0.1) is 0 Å². The summed E-state index contributed by atoms with van der Waals surface area (Å²) in [5.74, 6) is -0.216. The molecule has 2 heteroatoms. The summed E-state index contributed by atoms with van der Waals surface area (Å²) >= 11 is 0. The monoisotopic (exact) mass is 326 g/mol. The van der Waals surface area contributed by atoms with Crippen LogP contribution in [0.2, 0.25) is 0 Å². The molecule has 4 rings (SSSR count). The fourth-order valence-corrected chi connectivity index (χ4v) is 3.38. The van der Waals surface area contributed by atoms with Crippen LogP contribution >= 0.6 is 0 Å². The largest absolute Gasteiger partial charge is 0.462 e. The number of carbonyl (C=O) groups excluding carboxylic acids is 1. The molecule has 3 aromatic carbocycles. The first-order valence-electron chi connectivity index (χ1n) is 8.41. The van der Waals surface area contributed by atoms with Crippen molar-refractivity contribution in [3.63, 3.8) is 0 Å². The van der Waals surface area contributed by atoms with Crippen LogP contribution in [0.4, 0.5) is 0 Å². The van der Waals surface area contributed by atoms with Crippen molar-refractivity contribution in [1.29, 1.82) is 0 Å². The highest BCUT2D eigenvalue weighted by Gasteiger charge is 2.28. The molecule has 0 saturated carbocycles. The molecule has 25 heavy (non-hydrogen) atoms. The normalized spacial score (nSPS) is 12.8. The number of hydrogen-bond acceptors (Lipinski definition) is 2. The van der Waals surface area contributed by atoms with Gasteiger partial charge in [0.1, 0.15) is 6.61 Å². The summed E-state index contributed by atoms with van der Waals surface area (Å²) in [6.45, 7) is 0.353. The van der Waals surface area contributed by atoms with E-state index in [9.17, 15) is 4.79 Å². The predicted molar refractivity (Wildman–Crippen MR) is 100 cm³/mol. The quantitative estimate of drug-likeness (QED) is 0.495. The minimum atomic E-state index is -0.314. The van der Waals surface area contributed by atoms with Crippen LogP contribution in [0.1, 0.15) is 22.6 Å². The van der Waals surface area contributed by atoms with Crippen molar-refractivity contribution in [2.45, 2.75) is 5.92 Å². The van der Waals surface area contributed by atoms with Gasteiger partial charge in [-0.05, 0) is 33.9 Å². The van der Waals surface area contributed by atoms with E-state index >= 15 is 0 Å². The van der Waals surface area contributed by atoms with Crippen LogP contribution in [0, 0.1) is 0 Å². The Morgan fingerprint density at radius 2 is 1.36 bits per heavy atom. The molecule has 0 amide bonds. The summed E-state index contributed by atoms with van der Waals surface area (Å²) in [6, 6.07) is 26.4. The van der Waals surface area contributed by atoms with Crippen LogP contribution in [0.15, 0.2) is 84.9 Å². The molecule has 0 fully saturated rings. The first-order valence-corrected chi connectivity index (χ1v) is 8.41. The first-order chi connectivity index (χ1) is 12.3. The maximum Gasteiger partial charge on any atom is 0.330 e. The van der Waals surface area contributed by atoms with E-state index in [4.69, 9.17) is 4.74 Å². The van der Waals surface area contributed by atoms with E-state index in [0.717, 1.165) is 5.56 Å². The Labute approximate surface area is 147 Å². The van der Waals surface area contributed by atoms with E-state index in [1.807, 2.05) is 54.6 Å². The van der Waals surface area contributed by atoms with E-state index < -0.39 is 0 Å². The molecule has 0 radical (unpaired) electrons. The molecule has 0 spiro atoms. The Morgan fingerprint density at radius 3 is 2.00 bits per heavy atom. The van der Waals surface area contributed by atoms with Crippen LogP contribution in [0.5, 0.6) is 0 Å². The lowest BCUT2D eigenvalue weighted by molar-refractivity contribution is -0.137. The summed E-state index contributed by atoms with van der Waals surface area (Å²) in [5.41, 5.74) is 5.90. The molecule has 0 bridgehead atoms. The number of fused-ring (bicyclic) bond motifs is 3. The molecular weight excluding hydrogens is 308 g/mol. The predicted octanol–water partition coefficient (Wildman–Crippen LogP) is 5.06. The third-order valence-corrected chi connectivity index (χ3v) is 4.57. The van der Waals surface area contributed by atoms with Gasteiger partial charge in [0.15, 0.2) is 0 Å². The second kappa shape index (κ2) is 6.78.